The molecule has 4 N–H and O–H groups in total. The quantitative estimate of drug-likeness (QED) is 0.547. The number of aliphatic hydroxyl groups is 3. The van der Waals surface area contributed by atoms with Gasteiger partial charge < -0.3 is 25.2 Å². The predicted octanol–water partition coefficient (Wildman–Crippen LogP) is 1.43. The fourth-order valence-corrected chi connectivity index (χ4v) is 4.56. The highest BCUT2D eigenvalue weighted by Crippen LogP contribution is 2.48. The van der Waals surface area contributed by atoms with Gasteiger partial charge in [0.25, 0.3) is 6.23 Å². The number of hydrogen-bond donors (Lipinski definition) is 4. The Balaban J connectivity index is 1.62. The molecule has 3 aliphatic rings. The fourth-order valence-electron chi connectivity index (χ4n) is 4.56. The lowest BCUT2D eigenvalue weighted by molar-refractivity contribution is -0.775. The Labute approximate surface area is 167 Å². The molecule has 5 rings (SSSR count). The molecule has 2 aliphatic heterocycles. The summed E-state index contributed by atoms with van der Waals surface area (Å²) in [6, 6.07) is 7.19. The third kappa shape index (κ3) is 2.66. The SMILES string of the molecule is CC1=C2C(=Nc3ccc(O)cc32)C(C)c2cc[n+]([C@@H]3OC[C@H](O)[C@H](O)[C@H]3O)cc21. The van der Waals surface area contributed by atoms with Gasteiger partial charge in [-0.1, -0.05) is 6.92 Å². The Morgan fingerprint density at radius 1 is 1.10 bits per heavy atom. The molecule has 3 heterocycles. The first-order valence-electron chi connectivity index (χ1n) is 9.71. The second-order valence-corrected chi connectivity index (χ2v) is 7.95. The number of aliphatic imine (C=N–C) groups is 1. The van der Waals surface area contributed by atoms with E-state index in [2.05, 4.69) is 6.92 Å². The molecule has 0 saturated carbocycles. The number of aliphatic hydroxyl groups excluding tert-OH is 3. The average Bonchev–Trinajstić information content (AvgIpc) is 3.09. The van der Waals surface area contributed by atoms with Crippen LogP contribution in [0.25, 0.3) is 11.1 Å². The Kier molecular flexibility index (Phi) is 4.11. The first-order valence-corrected chi connectivity index (χ1v) is 9.71. The molecule has 1 aromatic heterocycles. The number of nitrogens with zero attached hydrogens (tertiary/aromatic N) is 2. The largest absolute Gasteiger partial charge is 0.508 e. The number of aromatic nitrogens is 1. The third-order valence-corrected chi connectivity index (χ3v) is 6.19. The lowest BCUT2D eigenvalue weighted by atomic mass is 9.78. The summed E-state index contributed by atoms with van der Waals surface area (Å²) < 4.78 is 7.33. The van der Waals surface area contributed by atoms with Crippen molar-refractivity contribution in [2.45, 2.75) is 44.3 Å². The molecule has 0 bridgehead atoms. The number of aromatic hydroxyl groups is 1. The molecule has 1 aromatic carbocycles. The number of rotatable bonds is 1. The van der Waals surface area contributed by atoms with Gasteiger partial charge in [-0.05, 0) is 36.3 Å². The molecule has 7 heteroatoms. The van der Waals surface area contributed by atoms with Gasteiger partial charge in [0.2, 0.25) is 0 Å². The van der Waals surface area contributed by atoms with Gasteiger partial charge in [0.1, 0.15) is 18.0 Å². The maximum absolute atomic E-state index is 10.4. The van der Waals surface area contributed by atoms with E-state index in [4.69, 9.17) is 9.73 Å². The number of fused-ring (bicyclic) bond motifs is 4. The Hall–Kier alpha value is -2.58. The Bertz CT molecular complexity index is 1080. The number of benzene rings is 1. The minimum Gasteiger partial charge on any atom is -0.508 e. The van der Waals surface area contributed by atoms with Crippen LogP contribution in [-0.2, 0) is 4.74 Å². The van der Waals surface area contributed by atoms with E-state index in [0.717, 1.165) is 39.2 Å². The molecule has 0 radical (unpaired) electrons. The summed E-state index contributed by atoms with van der Waals surface area (Å²) in [4.78, 5) is 4.80. The summed E-state index contributed by atoms with van der Waals surface area (Å²) in [7, 11) is 0. The van der Waals surface area contributed by atoms with Crippen molar-refractivity contribution < 1.29 is 29.7 Å². The zero-order valence-corrected chi connectivity index (χ0v) is 16.1. The molecule has 7 nitrogen and oxygen atoms in total. The molecular weight excluding hydrogens is 372 g/mol. The first-order chi connectivity index (χ1) is 13.9. The van der Waals surface area contributed by atoms with Crippen LogP contribution < -0.4 is 4.57 Å². The number of pyridine rings is 1. The van der Waals surface area contributed by atoms with Crippen molar-refractivity contribution in [3.8, 4) is 5.75 Å². The van der Waals surface area contributed by atoms with E-state index in [-0.39, 0.29) is 18.3 Å². The second-order valence-electron chi connectivity index (χ2n) is 7.95. The van der Waals surface area contributed by atoms with Crippen LogP contribution in [0, 0.1) is 0 Å². The van der Waals surface area contributed by atoms with Gasteiger partial charge in [-0.2, -0.15) is 4.57 Å². The zero-order chi connectivity index (χ0) is 20.4. The Morgan fingerprint density at radius 3 is 2.69 bits per heavy atom. The zero-order valence-electron chi connectivity index (χ0n) is 16.1. The lowest BCUT2D eigenvalue weighted by Gasteiger charge is -2.32. The monoisotopic (exact) mass is 395 g/mol. The molecule has 2 aromatic rings. The van der Waals surface area contributed by atoms with E-state index in [1.54, 1.807) is 16.7 Å². The van der Waals surface area contributed by atoms with Crippen LogP contribution in [0.2, 0.25) is 0 Å². The van der Waals surface area contributed by atoms with Crippen LogP contribution in [0.3, 0.4) is 0 Å². The molecule has 1 aliphatic carbocycles. The standard InChI is InChI=1S/C22H22N2O5/c1-10-15-8-24(22-21(28)20(27)17(26)9-29-22)6-5-13(15)11(2)19-18(10)14-7-12(25)3-4-16(14)23-19/h3-8,11,17,20-22,26-28H,9H2,1-2H3/p+1/t11?,17-,20-,21+,22+/m0/s1. The summed E-state index contributed by atoms with van der Waals surface area (Å²) in [5.41, 5.74) is 6.92. The molecule has 0 amide bonds. The highest BCUT2D eigenvalue weighted by atomic mass is 16.5. The highest BCUT2D eigenvalue weighted by molar-refractivity contribution is 6.38. The van der Waals surface area contributed by atoms with Gasteiger partial charge in [-0.3, -0.25) is 4.99 Å². The molecule has 1 saturated heterocycles. The molecule has 1 fully saturated rings. The van der Waals surface area contributed by atoms with Gasteiger partial charge in [0.15, 0.2) is 18.5 Å². The Morgan fingerprint density at radius 2 is 1.90 bits per heavy atom. The van der Waals surface area contributed by atoms with E-state index >= 15 is 0 Å². The van der Waals surface area contributed by atoms with Gasteiger partial charge >= 0.3 is 0 Å². The summed E-state index contributed by atoms with van der Waals surface area (Å²) in [6.45, 7) is 4.08. The van der Waals surface area contributed by atoms with Crippen LogP contribution in [0.5, 0.6) is 5.75 Å². The van der Waals surface area contributed by atoms with Gasteiger partial charge in [0.05, 0.1) is 18.0 Å². The maximum Gasteiger partial charge on any atom is 0.291 e. The van der Waals surface area contributed by atoms with Crippen molar-refractivity contribution in [1.82, 2.24) is 0 Å². The highest BCUT2D eigenvalue weighted by Gasteiger charge is 2.44. The van der Waals surface area contributed by atoms with E-state index in [9.17, 15) is 20.4 Å². The van der Waals surface area contributed by atoms with Crippen molar-refractivity contribution in [3.63, 3.8) is 0 Å². The molecule has 150 valence electrons. The number of phenolic OH excluding ortho intramolecular Hbond substituents is 1. The minimum atomic E-state index is -1.26. The van der Waals surface area contributed by atoms with Crippen molar-refractivity contribution in [2.75, 3.05) is 6.61 Å². The van der Waals surface area contributed by atoms with Crippen molar-refractivity contribution >= 4 is 22.5 Å². The lowest BCUT2D eigenvalue weighted by Crippen LogP contribution is -2.58. The second kappa shape index (κ2) is 6.47. The van der Waals surface area contributed by atoms with Crippen molar-refractivity contribution in [2.24, 2.45) is 4.99 Å². The number of ether oxygens (including phenoxy) is 1. The van der Waals surface area contributed by atoms with Crippen molar-refractivity contribution in [1.29, 1.82) is 0 Å². The van der Waals surface area contributed by atoms with Crippen LogP contribution >= 0.6 is 0 Å². The molecule has 1 unspecified atom stereocenters. The van der Waals surface area contributed by atoms with Crippen LogP contribution in [0.15, 0.2) is 41.7 Å². The summed E-state index contributed by atoms with van der Waals surface area (Å²) in [5.74, 6) is 0.269. The number of phenols is 1. The summed E-state index contributed by atoms with van der Waals surface area (Å²) in [6.07, 6.45) is -0.674. The minimum absolute atomic E-state index is 0.0487. The van der Waals surface area contributed by atoms with Gasteiger partial charge in [-0.15, -0.1) is 0 Å². The molecule has 29 heavy (non-hydrogen) atoms. The van der Waals surface area contributed by atoms with Crippen LogP contribution in [0.1, 0.15) is 42.7 Å². The maximum atomic E-state index is 10.4. The smallest absolute Gasteiger partial charge is 0.291 e. The van der Waals surface area contributed by atoms with Crippen LogP contribution in [-0.4, -0.2) is 51.1 Å². The van der Waals surface area contributed by atoms with E-state index in [1.165, 1.54) is 0 Å². The third-order valence-electron chi connectivity index (χ3n) is 6.19. The molecule has 0 spiro atoms. The summed E-state index contributed by atoms with van der Waals surface area (Å²) >= 11 is 0. The van der Waals surface area contributed by atoms with E-state index < -0.39 is 24.5 Å². The van der Waals surface area contributed by atoms with E-state index in [0.29, 0.717) is 0 Å². The predicted molar refractivity (Wildman–Crippen MR) is 106 cm³/mol. The molecule has 5 atom stereocenters. The average molecular weight is 395 g/mol. The topological polar surface area (TPSA) is 106 Å². The van der Waals surface area contributed by atoms with Crippen molar-refractivity contribution in [3.05, 3.63) is 53.3 Å². The molecular formula is C22H23N2O5+. The normalized spacial score (nSPS) is 30.5. The summed E-state index contributed by atoms with van der Waals surface area (Å²) in [5, 5.41) is 40.1. The van der Waals surface area contributed by atoms with E-state index in [1.807, 2.05) is 31.5 Å². The van der Waals surface area contributed by atoms with Crippen LogP contribution in [0.4, 0.5) is 5.69 Å². The fraction of sp³-hybridized carbons (Fsp3) is 0.364. The number of allylic oxidation sites excluding steroid dienone is 2. The van der Waals surface area contributed by atoms with Gasteiger partial charge in [-0.25, -0.2) is 0 Å². The first kappa shape index (κ1) is 18.4. The van der Waals surface area contributed by atoms with Gasteiger partial charge in [0, 0.05) is 28.7 Å². The number of hydrogen-bond acceptors (Lipinski definition) is 6.